The summed E-state index contributed by atoms with van der Waals surface area (Å²) in [5.74, 6) is 3.41. The van der Waals surface area contributed by atoms with Crippen LogP contribution in [-0.2, 0) is 11.2 Å². The highest BCUT2D eigenvalue weighted by Crippen LogP contribution is 2.28. The molecule has 188 valence electrons. The lowest BCUT2D eigenvalue weighted by Gasteiger charge is -2.29. The number of hydrogen-bond donors (Lipinski definition) is 1. The number of anilines is 2. The largest absolute Gasteiger partial charge is 0.457 e. The molecule has 0 atom stereocenters. The summed E-state index contributed by atoms with van der Waals surface area (Å²) in [5, 5.41) is 3.04. The molecule has 0 bridgehead atoms. The normalized spacial score (nSPS) is 15.4. The zero-order valence-corrected chi connectivity index (χ0v) is 20.7. The topological polar surface area (TPSA) is 79.8 Å². The Hall–Kier alpha value is -3.65. The number of benzene rings is 2. The van der Waals surface area contributed by atoms with Crippen LogP contribution in [0.2, 0.25) is 0 Å². The van der Waals surface area contributed by atoms with Crippen LogP contribution in [0.3, 0.4) is 0 Å². The Bertz CT molecular complexity index is 1160. The number of morpholine rings is 1. The van der Waals surface area contributed by atoms with Crippen molar-refractivity contribution >= 4 is 17.7 Å². The Morgan fingerprint density at radius 2 is 1.83 bits per heavy atom. The van der Waals surface area contributed by atoms with Crippen LogP contribution in [0.15, 0.2) is 60.7 Å². The number of aromatic nitrogens is 2. The van der Waals surface area contributed by atoms with E-state index in [9.17, 15) is 4.79 Å². The fraction of sp³-hybridized carbons (Fsp3) is 0.393. The molecule has 3 aromatic rings. The SMILES string of the molecule is CN(CCc1cccc(Oc2ccccc2)c1)c1nc(C(=O)NCC2CC2)cc(N2CCOCC2)n1. The number of para-hydroxylation sites is 1. The second-order valence-corrected chi connectivity index (χ2v) is 9.40. The highest BCUT2D eigenvalue weighted by Gasteiger charge is 2.24. The van der Waals surface area contributed by atoms with Gasteiger partial charge in [0.1, 0.15) is 23.0 Å². The monoisotopic (exact) mass is 487 g/mol. The van der Waals surface area contributed by atoms with Crippen LogP contribution in [0.5, 0.6) is 11.5 Å². The third kappa shape index (κ3) is 6.51. The summed E-state index contributed by atoms with van der Waals surface area (Å²) in [7, 11) is 1.97. The number of nitrogens with one attached hydrogen (secondary N) is 1. The van der Waals surface area contributed by atoms with E-state index >= 15 is 0 Å². The first-order valence-electron chi connectivity index (χ1n) is 12.7. The number of likely N-dealkylation sites (N-methyl/N-ethyl adjacent to an activating group) is 1. The number of carbonyl (C=O) groups is 1. The van der Waals surface area contributed by atoms with E-state index in [2.05, 4.69) is 27.3 Å². The van der Waals surface area contributed by atoms with Gasteiger partial charge in [0.05, 0.1) is 13.2 Å². The van der Waals surface area contributed by atoms with Crippen molar-refractivity contribution < 1.29 is 14.3 Å². The summed E-state index contributed by atoms with van der Waals surface area (Å²) in [4.78, 5) is 26.5. The Morgan fingerprint density at radius 1 is 1.06 bits per heavy atom. The smallest absolute Gasteiger partial charge is 0.270 e. The van der Waals surface area contributed by atoms with Gasteiger partial charge in [0.15, 0.2) is 0 Å². The predicted molar refractivity (Wildman–Crippen MR) is 140 cm³/mol. The maximum Gasteiger partial charge on any atom is 0.270 e. The van der Waals surface area contributed by atoms with E-state index in [4.69, 9.17) is 14.5 Å². The fourth-order valence-electron chi connectivity index (χ4n) is 4.10. The van der Waals surface area contributed by atoms with E-state index < -0.39 is 0 Å². The standard InChI is InChI=1S/C28H33N5O3/c1-32(13-12-21-6-5-9-24(18-21)36-23-7-3-2-4-8-23)28-30-25(27(34)29-20-22-10-11-22)19-26(31-28)33-14-16-35-17-15-33/h2-9,18-19,22H,10-17,20H2,1H3,(H,29,34). The molecule has 1 N–H and O–H groups in total. The van der Waals surface area contributed by atoms with Gasteiger partial charge in [-0.3, -0.25) is 4.79 Å². The minimum atomic E-state index is -0.140. The molecule has 2 heterocycles. The molecule has 2 aromatic carbocycles. The summed E-state index contributed by atoms with van der Waals surface area (Å²) in [6.07, 6.45) is 3.17. The molecule has 8 nitrogen and oxygen atoms in total. The summed E-state index contributed by atoms with van der Waals surface area (Å²) >= 11 is 0. The molecule has 0 spiro atoms. The molecular weight excluding hydrogens is 454 g/mol. The van der Waals surface area contributed by atoms with Crippen molar-refractivity contribution in [1.82, 2.24) is 15.3 Å². The van der Waals surface area contributed by atoms with Crippen LogP contribution in [0, 0.1) is 5.92 Å². The predicted octanol–water partition coefficient (Wildman–Crippen LogP) is 3.92. The van der Waals surface area contributed by atoms with Gasteiger partial charge >= 0.3 is 0 Å². The van der Waals surface area contributed by atoms with Gasteiger partial charge in [0, 0.05) is 39.3 Å². The molecule has 1 saturated heterocycles. The van der Waals surface area contributed by atoms with Gasteiger partial charge in [-0.2, -0.15) is 4.98 Å². The van der Waals surface area contributed by atoms with Crippen LogP contribution in [-0.4, -0.2) is 62.3 Å². The fourth-order valence-corrected chi connectivity index (χ4v) is 4.10. The first kappa shape index (κ1) is 24.1. The Labute approximate surface area is 212 Å². The van der Waals surface area contributed by atoms with Crippen molar-refractivity contribution in [3.05, 3.63) is 71.9 Å². The summed E-state index contributed by atoms with van der Waals surface area (Å²) in [6, 6.07) is 19.7. The molecular formula is C28H33N5O3. The average molecular weight is 488 g/mol. The van der Waals surface area contributed by atoms with Crippen molar-refractivity contribution in [1.29, 1.82) is 0 Å². The molecule has 8 heteroatoms. The van der Waals surface area contributed by atoms with E-state index in [0.717, 1.165) is 42.4 Å². The third-order valence-electron chi connectivity index (χ3n) is 6.47. The highest BCUT2D eigenvalue weighted by molar-refractivity contribution is 5.93. The van der Waals surface area contributed by atoms with Crippen LogP contribution in [0.1, 0.15) is 28.9 Å². The first-order valence-corrected chi connectivity index (χ1v) is 12.7. The molecule has 1 amide bonds. The molecule has 1 aliphatic heterocycles. The van der Waals surface area contributed by atoms with E-state index in [-0.39, 0.29) is 5.91 Å². The Kier molecular flexibility index (Phi) is 7.61. The Morgan fingerprint density at radius 3 is 2.61 bits per heavy atom. The molecule has 2 fully saturated rings. The molecule has 1 aromatic heterocycles. The number of nitrogens with zero attached hydrogens (tertiary/aromatic N) is 4. The van der Waals surface area contributed by atoms with Gasteiger partial charge in [-0.1, -0.05) is 30.3 Å². The lowest BCUT2D eigenvalue weighted by Crippen LogP contribution is -2.37. The van der Waals surface area contributed by atoms with Gasteiger partial charge in [-0.15, -0.1) is 0 Å². The molecule has 1 aliphatic carbocycles. The molecule has 36 heavy (non-hydrogen) atoms. The molecule has 0 radical (unpaired) electrons. The van der Waals surface area contributed by atoms with E-state index in [0.29, 0.717) is 43.9 Å². The molecule has 2 aliphatic rings. The van der Waals surface area contributed by atoms with Crippen molar-refractivity contribution in [3.8, 4) is 11.5 Å². The van der Waals surface area contributed by atoms with Crippen LogP contribution >= 0.6 is 0 Å². The van der Waals surface area contributed by atoms with Gasteiger partial charge in [-0.05, 0) is 55.0 Å². The quantitative estimate of drug-likeness (QED) is 0.464. The average Bonchev–Trinajstić information content (AvgIpc) is 3.76. The minimum Gasteiger partial charge on any atom is -0.457 e. The zero-order valence-electron chi connectivity index (χ0n) is 20.7. The Balaban J connectivity index is 1.28. The third-order valence-corrected chi connectivity index (χ3v) is 6.47. The number of hydrogen-bond acceptors (Lipinski definition) is 7. The van der Waals surface area contributed by atoms with Gasteiger partial charge in [0.25, 0.3) is 5.91 Å². The van der Waals surface area contributed by atoms with Crippen molar-refractivity contribution in [2.24, 2.45) is 5.92 Å². The maximum atomic E-state index is 12.9. The summed E-state index contributed by atoms with van der Waals surface area (Å²) in [5.41, 5.74) is 1.56. The number of amides is 1. The highest BCUT2D eigenvalue weighted by atomic mass is 16.5. The van der Waals surface area contributed by atoms with Crippen molar-refractivity contribution in [2.45, 2.75) is 19.3 Å². The molecule has 5 rings (SSSR count). The van der Waals surface area contributed by atoms with Crippen molar-refractivity contribution in [3.63, 3.8) is 0 Å². The number of rotatable bonds is 10. The van der Waals surface area contributed by atoms with E-state index in [1.165, 1.54) is 12.8 Å². The zero-order chi connectivity index (χ0) is 24.7. The number of ether oxygens (including phenoxy) is 2. The van der Waals surface area contributed by atoms with Gasteiger partial charge in [0.2, 0.25) is 5.95 Å². The van der Waals surface area contributed by atoms with Gasteiger partial charge in [-0.25, -0.2) is 4.98 Å². The summed E-state index contributed by atoms with van der Waals surface area (Å²) < 4.78 is 11.5. The lowest BCUT2D eigenvalue weighted by atomic mass is 10.1. The van der Waals surface area contributed by atoms with Crippen LogP contribution in [0.25, 0.3) is 0 Å². The summed E-state index contributed by atoms with van der Waals surface area (Å²) in [6.45, 7) is 4.21. The minimum absolute atomic E-state index is 0.140. The molecule has 0 unspecified atom stereocenters. The van der Waals surface area contributed by atoms with E-state index in [1.54, 1.807) is 6.07 Å². The van der Waals surface area contributed by atoms with E-state index in [1.807, 2.05) is 54.4 Å². The maximum absolute atomic E-state index is 12.9. The first-order chi connectivity index (χ1) is 17.6. The van der Waals surface area contributed by atoms with Gasteiger partial charge < -0.3 is 24.6 Å². The lowest BCUT2D eigenvalue weighted by molar-refractivity contribution is 0.0946. The number of carbonyl (C=O) groups excluding carboxylic acids is 1. The molecule has 1 saturated carbocycles. The van der Waals surface area contributed by atoms with Crippen molar-refractivity contribution in [2.75, 3.05) is 56.2 Å². The van der Waals surface area contributed by atoms with Crippen LogP contribution in [0.4, 0.5) is 11.8 Å². The second-order valence-electron chi connectivity index (χ2n) is 9.40. The second kappa shape index (κ2) is 11.4. The van der Waals surface area contributed by atoms with Crippen LogP contribution < -0.4 is 19.9 Å².